The highest BCUT2D eigenvalue weighted by molar-refractivity contribution is 5.99. The first kappa shape index (κ1) is 12.0. The molecule has 0 bridgehead atoms. The molecule has 1 rings (SSSR count). The lowest BCUT2D eigenvalue weighted by atomic mass is 10.0. The van der Waals surface area contributed by atoms with E-state index >= 15 is 0 Å². The highest BCUT2D eigenvalue weighted by Crippen LogP contribution is 2.38. The van der Waals surface area contributed by atoms with E-state index in [0.717, 1.165) is 19.1 Å². The van der Waals surface area contributed by atoms with E-state index in [-0.39, 0.29) is 0 Å². The molecule has 0 aliphatic carbocycles. The molecule has 0 saturated carbocycles. The monoisotopic (exact) mass is 231 g/mol. The number of hydrogen-bond donors (Lipinski definition) is 1. The summed E-state index contributed by atoms with van der Waals surface area (Å²) in [7, 11) is 0. The van der Waals surface area contributed by atoms with Crippen LogP contribution in [0.25, 0.3) is 0 Å². The summed E-state index contributed by atoms with van der Waals surface area (Å²) in [5.74, 6) is -1.84. The number of nitro benzene ring substituents is 1. The number of Topliss-reactive ketones (excluding diaryl/α,β-unsaturated/α-hetero) is 1. The zero-order valence-electron chi connectivity index (χ0n) is 8.11. The summed E-state index contributed by atoms with van der Waals surface area (Å²) in [6.07, 6.45) is -3.04. The Balaban J connectivity index is 3.54. The third kappa shape index (κ3) is 1.97. The average Bonchev–Trinajstić information content (AvgIpc) is 2.15. The van der Waals surface area contributed by atoms with Gasteiger partial charge < -0.3 is 5.11 Å². The van der Waals surface area contributed by atoms with E-state index in [1.807, 2.05) is 0 Å². The first-order chi connectivity index (χ1) is 7.36. The van der Waals surface area contributed by atoms with Crippen molar-refractivity contribution in [1.82, 2.24) is 0 Å². The molecule has 5 nitrogen and oxygen atoms in total. The molecule has 7 heteroatoms. The van der Waals surface area contributed by atoms with E-state index in [1.54, 1.807) is 0 Å². The van der Waals surface area contributed by atoms with Gasteiger partial charge in [0.25, 0.3) is 6.43 Å². The summed E-state index contributed by atoms with van der Waals surface area (Å²) in [5, 5.41) is 19.9. The van der Waals surface area contributed by atoms with Crippen LogP contribution in [0.1, 0.15) is 29.3 Å². The Bertz CT molecular complexity index is 459. The molecule has 0 unspecified atom stereocenters. The first-order valence-electron chi connectivity index (χ1n) is 4.15. The Hall–Kier alpha value is -2.05. The lowest BCUT2D eigenvalue weighted by molar-refractivity contribution is -0.386. The van der Waals surface area contributed by atoms with Gasteiger partial charge in [-0.3, -0.25) is 14.9 Å². The second-order valence-electron chi connectivity index (χ2n) is 3.01. The van der Waals surface area contributed by atoms with Crippen molar-refractivity contribution >= 4 is 11.5 Å². The SMILES string of the molecule is CC(=O)c1ccc(C(F)F)c(O)c1[N+](=O)[O-]. The van der Waals surface area contributed by atoms with Crippen molar-refractivity contribution in [3.05, 3.63) is 33.4 Å². The summed E-state index contributed by atoms with van der Waals surface area (Å²) in [5.41, 5.74) is -2.24. The fourth-order valence-corrected chi connectivity index (χ4v) is 1.24. The van der Waals surface area contributed by atoms with E-state index in [0.29, 0.717) is 0 Å². The minimum atomic E-state index is -3.04. The van der Waals surface area contributed by atoms with Crippen molar-refractivity contribution in [2.24, 2.45) is 0 Å². The maximum absolute atomic E-state index is 12.3. The number of halogens is 2. The Morgan fingerprint density at radius 3 is 2.44 bits per heavy atom. The number of nitrogens with zero attached hydrogens (tertiary/aromatic N) is 1. The number of nitro groups is 1. The number of aromatic hydroxyl groups is 1. The largest absolute Gasteiger partial charge is 0.502 e. The molecule has 1 N–H and O–H groups in total. The average molecular weight is 231 g/mol. The van der Waals surface area contributed by atoms with Gasteiger partial charge >= 0.3 is 5.69 Å². The number of carbonyl (C=O) groups is 1. The second kappa shape index (κ2) is 4.21. The molecular formula is C9H7F2NO4. The molecule has 0 fully saturated rings. The number of phenolic OH excluding ortho intramolecular Hbond substituents is 1. The highest BCUT2D eigenvalue weighted by atomic mass is 19.3. The van der Waals surface area contributed by atoms with Crippen molar-refractivity contribution in [1.29, 1.82) is 0 Å². The van der Waals surface area contributed by atoms with E-state index in [4.69, 9.17) is 0 Å². The maximum atomic E-state index is 12.3. The van der Waals surface area contributed by atoms with Crippen LogP contribution in [0.2, 0.25) is 0 Å². The van der Waals surface area contributed by atoms with Gasteiger partial charge in [-0.1, -0.05) is 0 Å². The molecule has 0 amide bonds. The van der Waals surface area contributed by atoms with Gasteiger partial charge in [0.05, 0.1) is 16.1 Å². The molecule has 16 heavy (non-hydrogen) atoms. The molecule has 0 aliphatic rings. The Kier molecular flexibility index (Phi) is 3.17. The first-order valence-corrected chi connectivity index (χ1v) is 4.15. The van der Waals surface area contributed by atoms with Gasteiger partial charge in [-0.2, -0.15) is 0 Å². The van der Waals surface area contributed by atoms with Crippen molar-refractivity contribution in [2.75, 3.05) is 0 Å². The summed E-state index contributed by atoms with van der Waals surface area (Å²) in [6, 6.07) is 1.70. The third-order valence-corrected chi connectivity index (χ3v) is 1.98. The van der Waals surface area contributed by atoms with Crippen molar-refractivity contribution in [3.8, 4) is 5.75 Å². The molecule has 0 aromatic heterocycles. The number of rotatable bonds is 3. The molecule has 0 spiro atoms. The van der Waals surface area contributed by atoms with Crippen LogP contribution >= 0.6 is 0 Å². The van der Waals surface area contributed by atoms with Gasteiger partial charge in [-0.25, -0.2) is 8.78 Å². The minimum absolute atomic E-state index is 0.396. The van der Waals surface area contributed by atoms with Crippen molar-refractivity contribution < 1.29 is 23.6 Å². The lowest BCUT2D eigenvalue weighted by Crippen LogP contribution is -2.02. The van der Waals surface area contributed by atoms with Gasteiger partial charge in [0.15, 0.2) is 5.78 Å². The zero-order chi connectivity index (χ0) is 12.5. The summed E-state index contributed by atoms with van der Waals surface area (Å²) in [6.45, 7) is 1.05. The number of phenols is 1. The smallest absolute Gasteiger partial charge is 0.321 e. The van der Waals surface area contributed by atoms with Crippen LogP contribution in [-0.2, 0) is 0 Å². The van der Waals surface area contributed by atoms with Crippen LogP contribution in [0.15, 0.2) is 12.1 Å². The van der Waals surface area contributed by atoms with E-state index < -0.39 is 39.7 Å². The summed E-state index contributed by atoms with van der Waals surface area (Å²) >= 11 is 0. The van der Waals surface area contributed by atoms with E-state index in [9.17, 15) is 28.8 Å². The highest BCUT2D eigenvalue weighted by Gasteiger charge is 2.28. The van der Waals surface area contributed by atoms with Crippen LogP contribution in [0.4, 0.5) is 14.5 Å². The van der Waals surface area contributed by atoms with Crippen LogP contribution in [0.3, 0.4) is 0 Å². The van der Waals surface area contributed by atoms with Gasteiger partial charge in [-0.05, 0) is 19.1 Å². The summed E-state index contributed by atoms with van der Waals surface area (Å²) < 4.78 is 24.7. The van der Waals surface area contributed by atoms with E-state index in [2.05, 4.69) is 0 Å². The van der Waals surface area contributed by atoms with Gasteiger partial charge in [-0.15, -0.1) is 0 Å². The summed E-state index contributed by atoms with van der Waals surface area (Å²) in [4.78, 5) is 20.5. The molecule has 1 aromatic rings. The van der Waals surface area contributed by atoms with Crippen molar-refractivity contribution in [2.45, 2.75) is 13.3 Å². The Labute approximate surface area is 88.5 Å². The molecule has 0 saturated heterocycles. The molecule has 0 atom stereocenters. The van der Waals surface area contributed by atoms with Gasteiger partial charge in [0.1, 0.15) is 0 Å². The van der Waals surface area contributed by atoms with Crippen molar-refractivity contribution in [3.63, 3.8) is 0 Å². The van der Waals surface area contributed by atoms with Crippen LogP contribution in [0.5, 0.6) is 5.75 Å². The minimum Gasteiger partial charge on any atom is -0.502 e. The van der Waals surface area contributed by atoms with Crippen LogP contribution in [0, 0.1) is 10.1 Å². The van der Waals surface area contributed by atoms with Crippen LogP contribution < -0.4 is 0 Å². The Morgan fingerprint density at radius 1 is 1.50 bits per heavy atom. The number of carbonyl (C=O) groups excluding carboxylic acids is 1. The Morgan fingerprint density at radius 2 is 2.06 bits per heavy atom. The van der Waals surface area contributed by atoms with Gasteiger partial charge in [0, 0.05) is 0 Å². The molecule has 1 aromatic carbocycles. The third-order valence-electron chi connectivity index (χ3n) is 1.98. The number of alkyl halides is 2. The molecule has 0 radical (unpaired) electrons. The quantitative estimate of drug-likeness (QED) is 0.492. The number of benzene rings is 1. The molecular weight excluding hydrogens is 224 g/mol. The topological polar surface area (TPSA) is 80.4 Å². The van der Waals surface area contributed by atoms with E-state index in [1.165, 1.54) is 0 Å². The molecule has 86 valence electrons. The normalized spacial score (nSPS) is 10.5. The second-order valence-corrected chi connectivity index (χ2v) is 3.01. The van der Waals surface area contributed by atoms with Gasteiger partial charge in [0.2, 0.25) is 5.75 Å². The lowest BCUT2D eigenvalue weighted by Gasteiger charge is -2.06. The molecule has 0 aliphatic heterocycles. The molecule has 0 heterocycles. The zero-order valence-corrected chi connectivity index (χ0v) is 8.11. The number of hydrogen-bond acceptors (Lipinski definition) is 4. The standard InChI is InChI=1S/C9H7F2NO4/c1-4(13)5-2-3-6(9(10)11)8(14)7(5)12(15)16/h2-3,9,14H,1H3. The fraction of sp³-hybridized carbons (Fsp3) is 0.222. The van der Waals surface area contributed by atoms with Crippen LogP contribution in [-0.4, -0.2) is 15.8 Å². The predicted octanol–water partition coefficient (Wildman–Crippen LogP) is 2.44. The fourth-order valence-electron chi connectivity index (χ4n) is 1.24. The maximum Gasteiger partial charge on any atom is 0.321 e. The predicted molar refractivity (Wildman–Crippen MR) is 49.7 cm³/mol. The number of ketones is 1.